The maximum absolute atomic E-state index is 6.41. The van der Waals surface area contributed by atoms with Crippen molar-refractivity contribution in [3.8, 4) is 0 Å². The molecule has 1 saturated carbocycles. The van der Waals surface area contributed by atoms with E-state index in [4.69, 9.17) is 17.3 Å². The van der Waals surface area contributed by atoms with Crippen LogP contribution in [0.4, 0.5) is 0 Å². The molecule has 2 aromatic carbocycles. The molecule has 1 aliphatic carbocycles. The number of halogens is 2. The Morgan fingerprint density at radius 3 is 2.63 bits per heavy atom. The van der Waals surface area contributed by atoms with Crippen LogP contribution >= 0.6 is 27.5 Å². The quantitative estimate of drug-likeness (QED) is 0.847. The van der Waals surface area contributed by atoms with E-state index in [-0.39, 0.29) is 6.04 Å². The first-order chi connectivity index (χ1) is 9.16. The molecule has 1 nitrogen and oxygen atoms in total. The van der Waals surface area contributed by atoms with Crippen molar-refractivity contribution >= 4 is 27.5 Å². The van der Waals surface area contributed by atoms with Gasteiger partial charge >= 0.3 is 0 Å². The molecule has 2 N–H and O–H groups in total. The molecule has 3 atom stereocenters. The molecule has 0 bridgehead atoms. The predicted molar refractivity (Wildman–Crippen MR) is 83.4 cm³/mol. The molecule has 0 saturated heterocycles. The van der Waals surface area contributed by atoms with Gasteiger partial charge in [-0.1, -0.05) is 57.9 Å². The molecule has 3 unspecified atom stereocenters. The van der Waals surface area contributed by atoms with Gasteiger partial charge in [-0.25, -0.2) is 0 Å². The van der Waals surface area contributed by atoms with Crippen molar-refractivity contribution in [2.75, 3.05) is 0 Å². The molecule has 3 heteroatoms. The standard InChI is InChI=1S/C16H15BrClN/c17-15-7-6-11(18)8-14(15)16(19)13-9-12(13)10-4-2-1-3-5-10/h1-8,12-13,16H,9,19H2. The van der Waals surface area contributed by atoms with Gasteiger partial charge in [0.2, 0.25) is 0 Å². The molecule has 19 heavy (non-hydrogen) atoms. The molecule has 0 aliphatic heterocycles. The van der Waals surface area contributed by atoms with Crippen LogP contribution in [-0.4, -0.2) is 0 Å². The maximum atomic E-state index is 6.41. The molecule has 1 fully saturated rings. The van der Waals surface area contributed by atoms with Crippen molar-refractivity contribution in [1.29, 1.82) is 0 Å². The molecule has 0 amide bonds. The smallest absolute Gasteiger partial charge is 0.0410 e. The van der Waals surface area contributed by atoms with E-state index >= 15 is 0 Å². The summed E-state index contributed by atoms with van der Waals surface area (Å²) in [6, 6.07) is 16.5. The summed E-state index contributed by atoms with van der Waals surface area (Å²) in [4.78, 5) is 0. The van der Waals surface area contributed by atoms with Gasteiger partial charge in [-0.15, -0.1) is 0 Å². The summed E-state index contributed by atoms with van der Waals surface area (Å²) in [5, 5.41) is 0.741. The van der Waals surface area contributed by atoms with Crippen LogP contribution in [0.3, 0.4) is 0 Å². The van der Waals surface area contributed by atoms with Crippen LogP contribution in [0.15, 0.2) is 53.0 Å². The second kappa shape index (κ2) is 5.28. The van der Waals surface area contributed by atoms with E-state index in [1.54, 1.807) is 0 Å². The number of benzene rings is 2. The predicted octanol–water partition coefficient (Wildman–Crippen LogP) is 4.91. The van der Waals surface area contributed by atoms with Crippen LogP contribution in [0.1, 0.15) is 29.5 Å². The Bertz CT molecular complexity index is 585. The van der Waals surface area contributed by atoms with Crippen molar-refractivity contribution in [2.45, 2.75) is 18.4 Å². The van der Waals surface area contributed by atoms with Gasteiger partial charge in [0.05, 0.1) is 0 Å². The zero-order chi connectivity index (χ0) is 13.4. The van der Waals surface area contributed by atoms with Crippen LogP contribution in [0.25, 0.3) is 0 Å². The fourth-order valence-corrected chi connectivity index (χ4v) is 3.39. The van der Waals surface area contributed by atoms with E-state index in [0.717, 1.165) is 21.5 Å². The Morgan fingerprint density at radius 2 is 1.89 bits per heavy atom. The van der Waals surface area contributed by atoms with Gasteiger partial charge < -0.3 is 5.73 Å². The van der Waals surface area contributed by atoms with Crippen LogP contribution in [0.2, 0.25) is 5.02 Å². The van der Waals surface area contributed by atoms with Crippen molar-refractivity contribution in [3.63, 3.8) is 0 Å². The van der Waals surface area contributed by atoms with Gasteiger partial charge in [0.25, 0.3) is 0 Å². The number of hydrogen-bond acceptors (Lipinski definition) is 1. The normalized spacial score (nSPS) is 23.1. The molecule has 0 heterocycles. The second-order valence-corrected chi connectivity index (χ2v) is 6.40. The van der Waals surface area contributed by atoms with Gasteiger partial charge in [-0.05, 0) is 47.6 Å². The van der Waals surface area contributed by atoms with Crippen LogP contribution in [0.5, 0.6) is 0 Å². The number of hydrogen-bond donors (Lipinski definition) is 1. The third kappa shape index (κ3) is 2.71. The Balaban J connectivity index is 1.80. The van der Waals surface area contributed by atoms with Crippen molar-refractivity contribution < 1.29 is 0 Å². The van der Waals surface area contributed by atoms with E-state index in [1.165, 1.54) is 5.56 Å². The van der Waals surface area contributed by atoms with E-state index in [1.807, 2.05) is 24.3 Å². The van der Waals surface area contributed by atoms with E-state index in [0.29, 0.717) is 11.8 Å². The summed E-state index contributed by atoms with van der Waals surface area (Å²) in [6.45, 7) is 0. The summed E-state index contributed by atoms with van der Waals surface area (Å²) in [5.74, 6) is 1.10. The maximum Gasteiger partial charge on any atom is 0.0410 e. The first-order valence-electron chi connectivity index (χ1n) is 6.42. The van der Waals surface area contributed by atoms with Crippen LogP contribution in [-0.2, 0) is 0 Å². The summed E-state index contributed by atoms with van der Waals surface area (Å²) >= 11 is 9.63. The average Bonchev–Trinajstić information content (AvgIpc) is 3.22. The summed E-state index contributed by atoms with van der Waals surface area (Å²) in [7, 11) is 0. The lowest BCUT2D eigenvalue weighted by atomic mass is 10.00. The SMILES string of the molecule is NC(c1cc(Cl)ccc1Br)C1CC1c1ccccc1. The second-order valence-electron chi connectivity index (χ2n) is 5.11. The summed E-state index contributed by atoms with van der Waals surface area (Å²) in [6.07, 6.45) is 1.16. The molecular formula is C16H15BrClN. The fourth-order valence-electron chi connectivity index (χ4n) is 2.70. The largest absolute Gasteiger partial charge is 0.324 e. The first kappa shape index (κ1) is 13.2. The molecule has 1 aliphatic rings. The highest BCUT2D eigenvalue weighted by molar-refractivity contribution is 9.10. The van der Waals surface area contributed by atoms with Crippen LogP contribution < -0.4 is 5.73 Å². The van der Waals surface area contributed by atoms with Gasteiger partial charge in [0, 0.05) is 15.5 Å². The minimum Gasteiger partial charge on any atom is -0.324 e. The van der Waals surface area contributed by atoms with Gasteiger partial charge in [0.15, 0.2) is 0 Å². The van der Waals surface area contributed by atoms with Gasteiger partial charge in [-0.3, -0.25) is 0 Å². The van der Waals surface area contributed by atoms with E-state index < -0.39 is 0 Å². The number of nitrogens with two attached hydrogens (primary N) is 1. The highest BCUT2D eigenvalue weighted by atomic mass is 79.9. The molecule has 0 radical (unpaired) electrons. The topological polar surface area (TPSA) is 26.0 Å². The molecule has 3 rings (SSSR count). The van der Waals surface area contributed by atoms with Crippen molar-refractivity contribution in [3.05, 3.63) is 69.2 Å². The molecule has 98 valence electrons. The minimum absolute atomic E-state index is 0.0401. The van der Waals surface area contributed by atoms with Crippen LogP contribution in [0, 0.1) is 5.92 Å². The Morgan fingerprint density at radius 1 is 1.16 bits per heavy atom. The highest BCUT2D eigenvalue weighted by Gasteiger charge is 2.43. The van der Waals surface area contributed by atoms with Gasteiger partial charge in [-0.2, -0.15) is 0 Å². The average molecular weight is 337 g/mol. The third-order valence-electron chi connectivity index (χ3n) is 3.85. The lowest BCUT2D eigenvalue weighted by Gasteiger charge is -2.14. The zero-order valence-electron chi connectivity index (χ0n) is 10.4. The lowest BCUT2D eigenvalue weighted by molar-refractivity contribution is 0.613. The Labute approximate surface area is 126 Å². The molecular weight excluding hydrogens is 322 g/mol. The molecule has 2 aromatic rings. The highest BCUT2D eigenvalue weighted by Crippen LogP contribution is 2.53. The molecule has 0 spiro atoms. The molecule has 0 aromatic heterocycles. The van der Waals surface area contributed by atoms with Crippen molar-refractivity contribution in [2.24, 2.45) is 11.7 Å². The van der Waals surface area contributed by atoms with Crippen molar-refractivity contribution in [1.82, 2.24) is 0 Å². The minimum atomic E-state index is 0.0401. The Hall–Kier alpha value is -0.830. The fraction of sp³-hybridized carbons (Fsp3) is 0.250. The third-order valence-corrected chi connectivity index (χ3v) is 4.80. The Kier molecular flexibility index (Phi) is 3.66. The monoisotopic (exact) mass is 335 g/mol. The first-order valence-corrected chi connectivity index (χ1v) is 7.59. The van der Waals surface area contributed by atoms with Gasteiger partial charge in [0.1, 0.15) is 0 Å². The lowest BCUT2D eigenvalue weighted by Crippen LogP contribution is -2.14. The summed E-state index contributed by atoms with van der Waals surface area (Å²) in [5.41, 5.74) is 8.91. The number of rotatable bonds is 3. The summed E-state index contributed by atoms with van der Waals surface area (Å²) < 4.78 is 1.04. The van der Waals surface area contributed by atoms with E-state index in [9.17, 15) is 0 Å². The zero-order valence-corrected chi connectivity index (χ0v) is 12.7. The van der Waals surface area contributed by atoms with E-state index in [2.05, 4.69) is 40.2 Å².